The minimum absolute atomic E-state index is 0.0872. The number of hydrogen-bond acceptors (Lipinski definition) is 5. The van der Waals surface area contributed by atoms with E-state index in [1.807, 2.05) is 66.7 Å². The largest absolute Gasteiger partial charge is 0.497 e. The third-order valence-electron chi connectivity index (χ3n) is 4.53. The minimum atomic E-state index is -0.0872. The van der Waals surface area contributed by atoms with E-state index >= 15 is 0 Å². The molecule has 0 aliphatic rings. The molecule has 0 saturated carbocycles. The molecule has 0 spiro atoms. The van der Waals surface area contributed by atoms with Crippen molar-refractivity contribution >= 4 is 49.9 Å². The summed E-state index contributed by atoms with van der Waals surface area (Å²) in [4.78, 5) is 21.2. The zero-order chi connectivity index (χ0) is 20.9. The number of methoxy groups -OCH3 is 1. The molecule has 0 bridgehead atoms. The van der Waals surface area contributed by atoms with E-state index in [0.717, 1.165) is 32.4 Å². The van der Waals surface area contributed by atoms with Crippen LogP contribution >= 0.6 is 15.9 Å². The molecular weight excluding hydrogens is 444 g/mol. The first-order chi connectivity index (χ1) is 14.6. The van der Waals surface area contributed by atoms with Crippen LogP contribution in [0.1, 0.15) is 5.56 Å². The summed E-state index contributed by atoms with van der Waals surface area (Å²) in [7, 11) is 1.63. The van der Waals surface area contributed by atoms with Crippen LogP contribution in [0.5, 0.6) is 5.75 Å². The lowest BCUT2D eigenvalue weighted by Gasteiger charge is -2.11. The lowest BCUT2D eigenvalue weighted by atomic mass is 10.1. The summed E-state index contributed by atoms with van der Waals surface area (Å²) in [5.74, 6) is 1.31. The Balaban J connectivity index is 1.56. The van der Waals surface area contributed by atoms with Crippen molar-refractivity contribution < 1.29 is 9.53 Å². The number of ether oxygens (including phenoxy) is 1. The van der Waals surface area contributed by atoms with Crippen LogP contribution in [0.3, 0.4) is 0 Å². The molecule has 0 radical (unpaired) electrons. The number of nitrogens with zero attached hydrogens (tertiary/aromatic N) is 2. The number of halogens is 1. The first-order valence-electron chi connectivity index (χ1n) is 9.31. The number of hydrogen-bond donors (Lipinski definition) is 2. The number of carbonyl (C=O) groups excluding carboxylic acids is 1. The van der Waals surface area contributed by atoms with Crippen molar-refractivity contribution in [2.45, 2.75) is 6.42 Å². The average Bonchev–Trinajstić information content (AvgIpc) is 2.76. The van der Waals surface area contributed by atoms with Crippen LogP contribution < -0.4 is 15.4 Å². The number of nitrogens with one attached hydrogen (secondary N) is 2. The second-order valence-electron chi connectivity index (χ2n) is 6.66. The number of aromatic nitrogens is 2. The van der Waals surface area contributed by atoms with E-state index in [-0.39, 0.29) is 5.91 Å². The molecule has 3 aromatic carbocycles. The highest BCUT2D eigenvalue weighted by molar-refractivity contribution is 9.10. The standard InChI is InChI=1S/C23H19BrN4O2/c1-30-19-4-2-3-17(12-19)28-23-20-13-18(9-10-21(20)25-14-26-23)27-22(29)11-15-5-7-16(24)8-6-15/h2-10,12-14H,11H2,1H3,(H,27,29)(H,25,26,28). The summed E-state index contributed by atoms with van der Waals surface area (Å²) in [5.41, 5.74) is 3.26. The number of carbonyl (C=O) groups is 1. The van der Waals surface area contributed by atoms with E-state index in [0.29, 0.717) is 17.9 Å². The third-order valence-corrected chi connectivity index (χ3v) is 5.06. The fraction of sp³-hybridized carbons (Fsp3) is 0.0870. The van der Waals surface area contributed by atoms with Crippen molar-refractivity contribution in [3.05, 3.63) is 83.1 Å². The highest BCUT2D eigenvalue weighted by atomic mass is 79.9. The SMILES string of the molecule is COc1cccc(Nc2ncnc3ccc(NC(=O)Cc4ccc(Br)cc4)cc23)c1. The molecule has 0 aliphatic carbocycles. The number of anilines is 3. The Hall–Kier alpha value is -3.45. The van der Waals surface area contributed by atoms with Gasteiger partial charge in [0.2, 0.25) is 5.91 Å². The summed E-state index contributed by atoms with van der Waals surface area (Å²) < 4.78 is 6.26. The van der Waals surface area contributed by atoms with Gasteiger partial charge in [-0.1, -0.05) is 34.1 Å². The van der Waals surface area contributed by atoms with E-state index in [9.17, 15) is 4.79 Å². The van der Waals surface area contributed by atoms with Gasteiger partial charge in [0, 0.05) is 27.3 Å². The number of rotatable bonds is 6. The van der Waals surface area contributed by atoms with Gasteiger partial charge >= 0.3 is 0 Å². The molecule has 0 atom stereocenters. The van der Waals surface area contributed by atoms with E-state index in [1.165, 1.54) is 6.33 Å². The molecule has 4 rings (SSSR count). The van der Waals surface area contributed by atoms with Gasteiger partial charge in [-0.3, -0.25) is 4.79 Å². The lowest BCUT2D eigenvalue weighted by molar-refractivity contribution is -0.115. The highest BCUT2D eigenvalue weighted by Gasteiger charge is 2.09. The quantitative estimate of drug-likeness (QED) is 0.405. The van der Waals surface area contributed by atoms with Crippen LogP contribution in [-0.4, -0.2) is 23.0 Å². The van der Waals surface area contributed by atoms with Crippen molar-refractivity contribution in [2.24, 2.45) is 0 Å². The molecule has 0 saturated heterocycles. The third kappa shape index (κ3) is 4.75. The monoisotopic (exact) mass is 462 g/mol. The van der Waals surface area contributed by atoms with Crippen molar-refractivity contribution in [3.63, 3.8) is 0 Å². The summed E-state index contributed by atoms with van der Waals surface area (Å²) in [6.45, 7) is 0. The van der Waals surface area contributed by atoms with Crippen molar-refractivity contribution in [1.29, 1.82) is 0 Å². The van der Waals surface area contributed by atoms with Gasteiger partial charge in [0.25, 0.3) is 0 Å². The van der Waals surface area contributed by atoms with Crippen molar-refractivity contribution in [2.75, 3.05) is 17.7 Å². The van der Waals surface area contributed by atoms with Gasteiger partial charge in [-0.2, -0.15) is 0 Å². The topological polar surface area (TPSA) is 76.1 Å². The van der Waals surface area contributed by atoms with Gasteiger partial charge in [-0.15, -0.1) is 0 Å². The summed E-state index contributed by atoms with van der Waals surface area (Å²) >= 11 is 3.40. The van der Waals surface area contributed by atoms with Crippen LogP contribution in [-0.2, 0) is 11.2 Å². The molecule has 0 unspecified atom stereocenters. The molecule has 0 fully saturated rings. The first kappa shape index (κ1) is 19.8. The van der Waals surface area contributed by atoms with Crippen LogP contribution in [0.15, 0.2) is 77.5 Å². The maximum Gasteiger partial charge on any atom is 0.228 e. The molecule has 1 amide bonds. The lowest BCUT2D eigenvalue weighted by Crippen LogP contribution is -2.14. The predicted octanol–water partition coefficient (Wildman–Crippen LogP) is 5.33. The molecule has 150 valence electrons. The van der Waals surface area contributed by atoms with E-state index in [4.69, 9.17) is 4.74 Å². The Morgan fingerprint density at radius 1 is 1.00 bits per heavy atom. The van der Waals surface area contributed by atoms with Gasteiger partial charge in [-0.05, 0) is 48.0 Å². The molecule has 1 aromatic heterocycles. The fourth-order valence-corrected chi connectivity index (χ4v) is 3.33. The Kier molecular flexibility index (Phi) is 5.90. The van der Waals surface area contributed by atoms with Gasteiger partial charge in [-0.25, -0.2) is 9.97 Å². The maximum absolute atomic E-state index is 12.5. The Morgan fingerprint density at radius 3 is 2.63 bits per heavy atom. The highest BCUT2D eigenvalue weighted by Crippen LogP contribution is 2.27. The molecular formula is C23H19BrN4O2. The maximum atomic E-state index is 12.5. The molecule has 30 heavy (non-hydrogen) atoms. The van der Waals surface area contributed by atoms with Crippen molar-refractivity contribution in [3.8, 4) is 5.75 Å². The minimum Gasteiger partial charge on any atom is -0.497 e. The number of fused-ring (bicyclic) bond motifs is 1. The summed E-state index contributed by atoms with van der Waals surface area (Å²) in [6, 6.07) is 20.9. The zero-order valence-corrected chi connectivity index (χ0v) is 17.8. The molecule has 0 aliphatic heterocycles. The summed E-state index contributed by atoms with van der Waals surface area (Å²) in [6.07, 6.45) is 1.81. The Bertz CT molecular complexity index is 1200. The number of amides is 1. The van der Waals surface area contributed by atoms with Crippen LogP contribution in [0.25, 0.3) is 10.9 Å². The fourth-order valence-electron chi connectivity index (χ4n) is 3.06. The summed E-state index contributed by atoms with van der Waals surface area (Å²) in [5, 5.41) is 7.06. The van der Waals surface area contributed by atoms with Gasteiger partial charge in [0.05, 0.1) is 19.0 Å². The second-order valence-corrected chi connectivity index (χ2v) is 7.58. The van der Waals surface area contributed by atoms with Crippen LogP contribution in [0.2, 0.25) is 0 Å². The molecule has 6 nitrogen and oxygen atoms in total. The zero-order valence-electron chi connectivity index (χ0n) is 16.2. The van der Waals surface area contributed by atoms with Gasteiger partial charge < -0.3 is 15.4 Å². The van der Waals surface area contributed by atoms with Gasteiger partial charge in [0.1, 0.15) is 17.9 Å². The van der Waals surface area contributed by atoms with Gasteiger partial charge in [0.15, 0.2) is 0 Å². The Labute approximate surface area is 182 Å². The van der Waals surface area contributed by atoms with Crippen molar-refractivity contribution in [1.82, 2.24) is 9.97 Å². The van der Waals surface area contributed by atoms with E-state index in [2.05, 4.69) is 36.5 Å². The molecule has 7 heteroatoms. The smallest absolute Gasteiger partial charge is 0.228 e. The van der Waals surface area contributed by atoms with Crippen LogP contribution in [0, 0.1) is 0 Å². The number of benzene rings is 3. The average molecular weight is 463 g/mol. The predicted molar refractivity (Wildman–Crippen MR) is 122 cm³/mol. The van der Waals surface area contributed by atoms with E-state index in [1.54, 1.807) is 7.11 Å². The molecule has 4 aromatic rings. The molecule has 1 heterocycles. The molecule has 2 N–H and O–H groups in total. The normalized spacial score (nSPS) is 10.6. The van der Waals surface area contributed by atoms with E-state index < -0.39 is 0 Å². The second kappa shape index (κ2) is 8.92. The van der Waals surface area contributed by atoms with Crippen LogP contribution in [0.4, 0.5) is 17.2 Å². The Morgan fingerprint density at radius 2 is 1.83 bits per heavy atom. The first-order valence-corrected chi connectivity index (χ1v) is 10.1.